The Labute approximate surface area is 154 Å². The molecule has 4 aromatic rings. The average Bonchev–Trinajstić information content (AvgIpc) is 3.40. The first-order valence-corrected chi connectivity index (χ1v) is 6.67. The Kier molecular flexibility index (Phi) is 20.0. The smallest absolute Gasteiger partial charge is 0.214 e. The van der Waals surface area contributed by atoms with E-state index >= 15 is 0 Å². The molecule has 118 valence electrons. The third-order valence-corrected chi connectivity index (χ3v) is 2.22. The topological polar surface area (TPSA) is 0 Å². The van der Waals surface area contributed by atoms with Crippen LogP contribution in [0.3, 0.4) is 0 Å². The predicted octanol–water partition coefficient (Wildman–Crippen LogP) is 5.62. The molecule has 4 rings (SSSR count). The maximum atomic E-state index is 2.00. The summed E-state index contributed by atoms with van der Waals surface area (Å²) in [5.74, 6) is 0. The molecule has 0 aromatic heterocycles. The van der Waals surface area contributed by atoms with Crippen LogP contribution in [0.5, 0.6) is 0 Å². The Balaban J connectivity index is 0. The minimum absolute atomic E-state index is 0. The number of rotatable bonds is 0. The van der Waals surface area contributed by atoms with Crippen molar-refractivity contribution in [3.05, 3.63) is 121 Å². The molecule has 4 aromatic carbocycles. The van der Waals surface area contributed by atoms with Crippen molar-refractivity contribution >= 4 is 0 Å². The Morgan fingerprint density at radius 1 is 0.318 bits per heavy atom. The summed E-state index contributed by atoms with van der Waals surface area (Å²) in [7, 11) is 0. The van der Waals surface area contributed by atoms with Crippen molar-refractivity contribution in [1.82, 2.24) is 0 Å². The van der Waals surface area contributed by atoms with Gasteiger partial charge in [0.25, 0.3) is 0 Å². The van der Waals surface area contributed by atoms with E-state index in [2.05, 4.69) is 0 Å². The first kappa shape index (κ1) is 22.7. The Bertz CT molecular complexity index is 343. The molecule has 0 saturated carbocycles. The Morgan fingerprint density at radius 2 is 0.455 bits per heavy atom. The fourth-order valence-corrected chi connectivity index (χ4v) is 1.28. The van der Waals surface area contributed by atoms with Gasteiger partial charge in [-0.1, -0.05) is 0 Å². The van der Waals surface area contributed by atoms with Crippen molar-refractivity contribution < 1.29 is 33.6 Å². The molecule has 0 bridgehead atoms. The Morgan fingerprint density at radius 3 is 0.500 bits per heavy atom. The summed E-state index contributed by atoms with van der Waals surface area (Å²) in [6.45, 7) is 0. The molecule has 0 radical (unpaired) electrons. The van der Waals surface area contributed by atoms with E-state index in [1.54, 1.807) is 0 Å². The average molecular weight is 375 g/mol. The minimum atomic E-state index is 0. The van der Waals surface area contributed by atoms with Gasteiger partial charge in [0.2, 0.25) is 0 Å². The molecule has 22 heavy (non-hydrogen) atoms. The maximum absolute atomic E-state index is 2.00. The van der Waals surface area contributed by atoms with Gasteiger partial charge in [0.05, 0.1) is 0 Å². The largest absolute Gasteiger partial charge is 2.00 e. The number of hydrogen-bond donors (Lipinski definition) is 0. The van der Waals surface area contributed by atoms with Crippen molar-refractivity contribution in [3.8, 4) is 0 Å². The zero-order valence-electron chi connectivity index (χ0n) is 12.2. The molecule has 0 saturated heterocycles. The van der Waals surface area contributed by atoms with Gasteiger partial charge in [-0.2, -0.15) is 72.8 Å². The van der Waals surface area contributed by atoms with Gasteiger partial charge >= 0.3 is 33.6 Å². The molecular weight excluding hydrogens is 355 g/mol. The first-order valence-electron chi connectivity index (χ1n) is 6.67. The van der Waals surface area contributed by atoms with Crippen LogP contribution in [-0.2, 0) is 33.6 Å². The van der Waals surface area contributed by atoms with Crippen LogP contribution in [0.2, 0.25) is 0 Å². The van der Waals surface area contributed by atoms with E-state index < -0.39 is 0 Å². The molecule has 0 unspecified atom stereocenters. The van der Waals surface area contributed by atoms with Crippen LogP contribution in [0.1, 0.15) is 0 Å². The molecule has 0 aliphatic rings. The monoisotopic (exact) mass is 374 g/mol. The van der Waals surface area contributed by atoms with E-state index in [1.165, 1.54) is 0 Å². The van der Waals surface area contributed by atoms with E-state index in [-0.39, 0.29) is 33.6 Å². The van der Waals surface area contributed by atoms with Gasteiger partial charge < -0.3 is 0 Å². The van der Waals surface area contributed by atoms with Gasteiger partial charge in [0.1, 0.15) is 0 Å². The summed E-state index contributed by atoms with van der Waals surface area (Å²) < 4.78 is 0. The second-order valence-electron chi connectivity index (χ2n) is 3.85. The molecule has 0 nitrogen and oxygen atoms in total. The van der Waals surface area contributed by atoms with Gasteiger partial charge in [0, 0.05) is 0 Å². The summed E-state index contributed by atoms with van der Waals surface area (Å²) in [5.41, 5.74) is 0. The molecule has 0 atom stereocenters. The second-order valence-corrected chi connectivity index (χ2v) is 3.85. The minimum Gasteiger partial charge on any atom is -0.214 e. The zero-order valence-corrected chi connectivity index (χ0v) is 14.3. The fraction of sp³-hybridized carbons (Fsp3) is 0. The van der Waals surface area contributed by atoms with Gasteiger partial charge in [-0.15, -0.1) is 0 Å². The van der Waals surface area contributed by atoms with Crippen LogP contribution >= 0.6 is 0 Å². The van der Waals surface area contributed by atoms with Crippen LogP contribution in [0.15, 0.2) is 121 Å². The molecule has 0 fully saturated rings. The van der Waals surface area contributed by atoms with Crippen molar-refractivity contribution in [2.24, 2.45) is 0 Å². The molecule has 2 heteroatoms. The fourth-order valence-electron chi connectivity index (χ4n) is 1.28. The SMILES string of the molecule is [Fe+2].[Ni+2].c1cc[cH-]c1.c1cc[cH-]c1.c1cc[cH-]c1.c1cc[cH-]c1. The van der Waals surface area contributed by atoms with Crippen LogP contribution in [0.4, 0.5) is 0 Å². The maximum Gasteiger partial charge on any atom is 2.00 e. The normalized spacial score (nSPS) is 7.27. The molecule has 0 N–H and O–H groups in total. The summed E-state index contributed by atoms with van der Waals surface area (Å²) in [6.07, 6.45) is 0. The molecular formula is C20H20FeNi. The third kappa shape index (κ3) is 16.5. The molecule has 0 amide bonds. The van der Waals surface area contributed by atoms with Crippen molar-refractivity contribution in [2.75, 3.05) is 0 Å². The van der Waals surface area contributed by atoms with Crippen molar-refractivity contribution in [1.29, 1.82) is 0 Å². The van der Waals surface area contributed by atoms with E-state index in [4.69, 9.17) is 0 Å². The zero-order chi connectivity index (χ0) is 14.1. The van der Waals surface area contributed by atoms with Crippen LogP contribution in [0, 0.1) is 0 Å². The first-order chi connectivity index (χ1) is 10.0. The van der Waals surface area contributed by atoms with Crippen LogP contribution in [0.25, 0.3) is 0 Å². The number of hydrogen-bond acceptors (Lipinski definition) is 0. The van der Waals surface area contributed by atoms with E-state index in [0.717, 1.165) is 0 Å². The summed E-state index contributed by atoms with van der Waals surface area (Å²) in [4.78, 5) is 0. The molecule has 0 aliphatic heterocycles. The van der Waals surface area contributed by atoms with Gasteiger partial charge in [-0.3, -0.25) is 0 Å². The van der Waals surface area contributed by atoms with Crippen LogP contribution < -0.4 is 0 Å². The van der Waals surface area contributed by atoms with Crippen molar-refractivity contribution in [2.45, 2.75) is 0 Å². The standard InChI is InChI=1S/4C5H5.Fe.Ni/c4*1-2-4-5-3-1;;/h4*1-5H;;/q4*-1;2*+2. The van der Waals surface area contributed by atoms with Gasteiger partial charge in [-0.25, -0.2) is 48.5 Å². The molecule has 0 heterocycles. The quantitative estimate of drug-likeness (QED) is 0.277. The summed E-state index contributed by atoms with van der Waals surface area (Å²) >= 11 is 0. The molecule has 0 aliphatic carbocycles. The summed E-state index contributed by atoms with van der Waals surface area (Å²) in [5, 5.41) is 0. The van der Waals surface area contributed by atoms with E-state index in [0.29, 0.717) is 0 Å². The van der Waals surface area contributed by atoms with E-state index in [9.17, 15) is 0 Å². The third-order valence-electron chi connectivity index (χ3n) is 2.22. The second kappa shape index (κ2) is 19.4. The van der Waals surface area contributed by atoms with Gasteiger partial charge in [0.15, 0.2) is 0 Å². The van der Waals surface area contributed by atoms with Gasteiger partial charge in [-0.05, 0) is 0 Å². The van der Waals surface area contributed by atoms with Crippen molar-refractivity contribution in [3.63, 3.8) is 0 Å². The van der Waals surface area contributed by atoms with Crippen LogP contribution in [-0.4, -0.2) is 0 Å². The summed E-state index contributed by atoms with van der Waals surface area (Å²) in [6, 6.07) is 40.0. The van der Waals surface area contributed by atoms with E-state index in [1.807, 2.05) is 121 Å². The predicted molar refractivity (Wildman–Crippen MR) is 88.1 cm³/mol. The Hall–Kier alpha value is -1.59. The molecule has 0 spiro atoms.